The molecule has 0 aromatic heterocycles. The summed E-state index contributed by atoms with van der Waals surface area (Å²) in [5.74, 6) is -0.680. The summed E-state index contributed by atoms with van der Waals surface area (Å²) in [4.78, 5) is 14.3. The number of nitrogens with one attached hydrogen (secondary N) is 1. The molecule has 1 heterocycles. The number of likely N-dealkylation sites (tertiary alicyclic amines) is 1. The Morgan fingerprint density at radius 1 is 1.07 bits per heavy atom. The van der Waals surface area contributed by atoms with Crippen LogP contribution >= 0.6 is 12.4 Å². The molecule has 0 saturated carbocycles. The van der Waals surface area contributed by atoms with Crippen molar-refractivity contribution in [3.8, 4) is 0 Å². The van der Waals surface area contributed by atoms with E-state index in [0.29, 0.717) is 18.4 Å². The third kappa shape index (κ3) is 5.50. The van der Waals surface area contributed by atoms with Crippen molar-refractivity contribution < 1.29 is 13.6 Å². The minimum atomic E-state index is -0.583. The average molecular weight is 410 g/mol. The lowest BCUT2D eigenvalue weighted by Gasteiger charge is -2.16. The van der Waals surface area contributed by atoms with Gasteiger partial charge in [0.05, 0.1) is 6.54 Å². The fraction of sp³-hybridized carbons (Fsp3) is 0.381. The Labute approximate surface area is 170 Å². The van der Waals surface area contributed by atoms with Crippen molar-refractivity contribution in [2.45, 2.75) is 12.3 Å². The van der Waals surface area contributed by atoms with Crippen molar-refractivity contribution in [2.24, 2.45) is 11.7 Å². The summed E-state index contributed by atoms with van der Waals surface area (Å²) in [6.45, 7) is 2.59. The summed E-state index contributed by atoms with van der Waals surface area (Å²) in [6.07, 6.45) is 0.127. The van der Waals surface area contributed by atoms with Gasteiger partial charge in [-0.2, -0.15) is 0 Å². The molecular weight excluding hydrogens is 384 g/mol. The van der Waals surface area contributed by atoms with Gasteiger partial charge in [0, 0.05) is 31.1 Å². The first kappa shape index (κ1) is 22.3. The van der Waals surface area contributed by atoms with E-state index >= 15 is 0 Å². The number of nitrogens with two attached hydrogens (primary N) is 1. The van der Waals surface area contributed by atoms with Crippen LogP contribution < -0.4 is 11.1 Å². The SMILES string of the molecule is Cl.NC[C@@H]1CN(CC(=O)NCCc2c(F)cccc2F)C[C@H]1c1ccccc1. The zero-order valence-electron chi connectivity index (χ0n) is 15.6. The van der Waals surface area contributed by atoms with Gasteiger partial charge in [-0.15, -0.1) is 12.4 Å². The van der Waals surface area contributed by atoms with Crippen molar-refractivity contribution in [1.29, 1.82) is 0 Å². The zero-order chi connectivity index (χ0) is 19.2. The number of nitrogens with zero attached hydrogens (tertiary/aromatic N) is 1. The van der Waals surface area contributed by atoms with Crippen LogP contribution in [0.3, 0.4) is 0 Å². The number of carbonyl (C=O) groups excluding carboxylic acids is 1. The molecule has 1 amide bonds. The zero-order valence-corrected chi connectivity index (χ0v) is 16.4. The molecule has 0 aliphatic carbocycles. The van der Waals surface area contributed by atoms with E-state index in [1.807, 2.05) is 18.2 Å². The van der Waals surface area contributed by atoms with E-state index in [-0.39, 0.29) is 43.4 Å². The topological polar surface area (TPSA) is 58.4 Å². The van der Waals surface area contributed by atoms with E-state index in [2.05, 4.69) is 22.3 Å². The van der Waals surface area contributed by atoms with E-state index in [4.69, 9.17) is 5.73 Å². The molecule has 0 bridgehead atoms. The second kappa shape index (κ2) is 10.5. The van der Waals surface area contributed by atoms with Gasteiger partial charge in [-0.25, -0.2) is 8.78 Å². The van der Waals surface area contributed by atoms with Crippen LogP contribution in [-0.2, 0) is 11.2 Å². The van der Waals surface area contributed by atoms with Gasteiger partial charge in [-0.3, -0.25) is 9.69 Å². The van der Waals surface area contributed by atoms with Gasteiger partial charge in [-0.1, -0.05) is 36.4 Å². The maximum absolute atomic E-state index is 13.6. The molecule has 3 rings (SSSR count). The second-order valence-electron chi connectivity index (χ2n) is 7.01. The molecule has 0 spiro atoms. The first-order valence-electron chi connectivity index (χ1n) is 9.25. The van der Waals surface area contributed by atoms with E-state index in [9.17, 15) is 13.6 Å². The van der Waals surface area contributed by atoms with Crippen LogP contribution in [0.1, 0.15) is 17.0 Å². The molecule has 0 unspecified atom stereocenters. The van der Waals surface area contributed by atoms with E-state index in [1.54, 1.807) is 0 Å². The first-order chi connectivity index (χ1) is 13.1. The normalized spacial score (nSPS) is 19.2. The van der Waals surface area contributed by atoms with Gasteiger partial charge < -0.3 is 11.1 Å². The maximum Gasteiger partial charge on any atom is 0.234 e. The number of carbonyl (C=O) groups is 1. The van der Waals surface area contributed by atoms with Crippen LogP contribution in [0.25, 0.3) is 0 Å². The Kier molecular flexibility index (Phi) is 8.35. The summed E-state index contributed by atoms with van der Waals surface area (Å²) in [5, 5.41) is 2.75. The van der Waals surface area contributed by atoms with Crippen molar-refractivity contribution in [1.82, 2.24) is 10.2 Å². The predicted octanol–water partition coefficient (Wildman–Crippen LogP) is 2.72. The minimum absolute atomic E-state index is 0. The van der Waals surface area contributed by atoms with Gasteiger partial charge in [0.1, 0.15) is 11.6 Å². The lowest BCUT2D eigenvalue weighted by atomic mass is 9.89. The largest absolute Gasteiger partial charge is 0.355 e. The summed E-state index contributed by atoms with van der Waals surface area (Å²) >= 11 is 0. The molecule has 1 fully saturated rings. The summed E-state index contributed by atoms with van der Waals surface area (Å²) in [5.41, 5.74) is 7.18. The highest BCUT2D eigenvalue weighted by Crippen LogP contribution is 2.31. The highest BCUT2D eigenvalue weighted by molar-refractivity contribution is 5.85. The average Bonchev–Trinajstić information content (AvgIpc) is 3.07. The monoisotopic (exact) mass is 409 g/mol. The molecule has 28 heavy (non-hydrogen) atoms. The number of rotatable bonds is 7. The fourth-order valence-corrected chi connectivity index (χ4v) is 3.76. The van der Waals surface area contributed by atoms with Gasteiger partial charge in [0.25, 0.3) is 0 Å². The molecule has 2 aromatic rings. The lowest BCUT2D eigenvalue weighted by molar-refractivity contribution is -0.122. The van der Waals surface area contributed by atoms with E-state index in [0.717, 1.165) is 13.1 Å². The van der Waals surface area contributed by atoms with Crippen LogP contribution in [0, 0.1) is 17.6 Å². The first-order valence-corrected chi connectivity index (χ1v) is 9.25. The van der Waals surface area contributed by atoms with E-state index in [1.165, 1.54) is 23.8 Å². The highest BCUT2D eigenvalue weighted by Gasteiger charge is 2.33. The van der Waals surface area contributed by atoms with Gasteiger partial charge in [-0.05, 0) is 36.6 Å². The van der Waals surface area contributed by atoms with Crippen molar-refractivity contribution >= 4 is 18.3 Å². The maximum atomic E-state index is 13.6. The van der Waals surface area contributed by atoms with Gasteiger partial charge in [0.2, 0.25) is 5.91 Å². The Bertz CT molecular complexity index is 755. The summed E-state index contributed by atoms with van der Waals surface area (Å²) in [7, 11) is 0. The van der Waals surface area contributed by atoms with Crippen LogP contribution in [-0.4, -0.2) is 43.5 Å². The lowest BCUT2D eigenvalue weighted by Crippen LogP contribution is -2.37. The van der Waals surface area contributed by atoms with Crippen LogP contribution in [0.4, 0.5) is 8.78 Å². The number of halogens is 3. The molecule has 4 nitrogen and oxygen atoms in total. The molecule has 3 N–H and O–H groups in total. The van der Waals surface area contributed by atoms with Crippen molar-refractivity contribution in [3.63, 3.8) is 0 Å². The van der Waals surface area contributed by atoms with Crippen LogP contribution in [0.5, 0.6) is 0 Å². The Hall–Kier alpha value is -2.02. The number of amides is 1. The van der Waals surface area contributed by atoms with Gasteiger partial charge in [0.15, 0.2) is 0 Å². The summed E-state index contributed by atoms with van der Waals surface area (Å²) < 4.78 is 27.2. The third-order valence-corrected chi connectivity index (χ3v) is 5.17. The molecule has 1 saturated heterocycles. The molecule has 1 aliphatic rings. The van der Waals surface area contributed by atoms with Crippen LogP contribution in [0.2, 0.25) is 0 Å². The highest BCUT2D eigenvalue weighted by atomic mass is 35.5. The predicted molar refractivity (Wildman–Crippen MR) is 108 cm³/mol. The Morgan fingerprint density at radius 3 is 2.39 bits per heavy atom. The number of hydrogen-bond acceptors (Lipinski definition) is 3. The molecule has 1 aliphatic heterocycles. The Balaban J connectivity index is 0.00000280. The second-order valence-corrected chi connectivity index (χ2v) is 7.01. The molecule has 2 atom stereocenters. The third-order valence-electron chi connectivity index (χ3n) is 5.17. The van der Waals surface area contributed by atoms with Crippen LogP contribution in [0.15, 0.2) is 48.5 Å². The molecule has 0 radical (unpaired) electrons. The fourth-order valence-electron chi connectivity index (χ4n) is 3.76. The number of hydrogen-bond donors (Lipinski definition) is 2. The number of benzene rings is 2. The van der Waals surface area contributed by atoms with E-state index < -0.39 is 11.6 Å². The van der Waals surface area contributed by atoms with Crippen molar-refractivity contribution in [3.05, 3.63) is 71.3 Å². The smallest absolute Gasteiger partial charge is 0.234 e. The molecule has 7 heteroatoms. The van der Waals surface area contributed by atoms with Crippen molar-refractivity contribution in [2.75, 3.05) is 32.7 Å². The summed E-state index contributed by atoms with van der Waals surface area (Å²) in [6, 6.07) is 14.0. The molecular formula is C21H26ClF2N3O. The quantitative estimate of drug-likeness (QED) is 0.739. The molecule has 152 valence electrons. The molecule has 2 aromatic carbocycles. The van der Waals surface area contributed by atoms with Gasteiger partial charge >= 0.3 is 0 Å². The standard InChI is InChI=1S/C21H25F2N3O.ClH/c22-19-7-4-8-20(23)17(19)9-10-25-21(27)14-26-12-16(11-24)18(13-26)15-5-2-1-3-6-15;/h1-8,16,18H,9-14,24H2,(H,25,27);1H/t16-,18+;/m1./s1. The minimum Gasteiger partial charge on any atom is -0.355 e. The Morgan fingerprint density at radius 2 is 1.75 bits per heavy atom.